The standard InChI is InChI=1S/C10H10FN5O2/c11-4-1-5(17)8(18)7(4)16-3-15-6-9(12)13-2-14-10(6)16/h1-3,5,7-8,17-18H,(H2,12,13,14)/t5-,7-,8-/m1/s1. The summed E-state index contributed by atoms with van der Waals surface area (Å²) in [6.07, 6.45) is 0.987. The lowest BCUT2D eigenvalue weighted by atomic mass is 10.2. The van der Waals surface area contributed by atoms with Crippen LogP contribution in [-0.4, -0.2) is 41.9 Å². The topological polar surface area (TPSA) is 110 Å². The molecule has 0 saturated carbocycles. The van der Waals surface area contributed by atoms with E-state index in [0.717, 1.165) is 6.08 Å². The Labute approximate surface area is 100 Å². The third kappa shape index (κ3) is 1.39. The molecule has 0 aliphatic heterocycles. The van der Waals surface area contributed by atoms with E-state index < -0.39 is 24.1 Å². The fraction of sp³-hybridized carbons (Fsp3) is 0.300. The first-order valence-electron chi connectivity index (χ1n) is 5.26. The molecular weight excluding hydrogens is 241 g/mol. The van der Waals surface area contributed by atoms with Gasteiger partial charge >= 0.3 is 0 Å². The van der Waals surface area contributed by atoms with Gasteiger partial charge in [0.1, 0.15) is 35.9 Å². The van der Waals surface area contributed by atoms with Crippen molar-refractivity contribution in [1.82, 2.24) is 19.5 Å². The number of anilines is 1. The second-order valence-corrected chi connectivity index (χ2v) is 4.06. The number of nitrogen functional groups attached to an aromatic ring is 1. The van der Waals surface area contributed by atoms with Gasteiger partial charge in [-0.3, -0.25) is 0 Å². The van der Waals surface area contributed by atoms with Gasteiger partial charge in [-0.25, -0.2) is 19.3 Å². The SMILES string of the molecule is Nc1ncnc2c1ncn2[C@@H]1C(F)=C[C@@H](O)[C@H]1O. The Morgan fingerprint density at radius 1 is 1.28 bits per heavy atom. The van der Waals surface area contributed by atoms with Gasteiger partial charge in [0.05, 0.1) is 6.33 Å². The zero-order chi connectivity index (χ0) is 12.9. The highest BCUT2D eigenvalue weighted by Crippen LogP contribution is 2.34. The fourth-order valence-electron chi connectivity index (χ4n) is 2.08. The summed E-state index contributed by atoms with van der Waals surface area (Å²) >= 11 is 0. The van der Waals surface area contributed by atoms with Crippen LogP contribution in [0.1, 0.15) is 6.04 Å². The van der Waals surface area contributed by atoms with Gasteiger partial charge in [-0.1, -0.05) is 0 Å². The predicted octanol–water partition coefficient (Wildman–Crippen LogP) is -0.462. The van der Waals surface area contributed by atoms with Crippen LogP contribution in [0.5, 0.6) is 0 Å². The second kappa shape index (κ2) is 3.72. The minimum Gasteiger partial charge on any atom is -0.387 e. The molecule has 1 aliphatic carbocycles. The number of nitrogens with two attached hydrogens (primary N) is 1. The van der Waals surface area contributed by atoms with Crippen molar-refractivity contribution in [2.24, 2.45) is 0 Å². The van der Waals surface area contributed by atoms with Gasteiger partial charge in [0.15, 0.2) is 11.5 Å². The average molecular weight is 251 g/mol. The van der Waals surface area contributed by atoms with E-state index in [2.05, 4.69) is 15.0 Å². The maximum absolute atomic E-state index is 13.7. The first-order chi connectivity index (χ1) is 8.59. The summed E-state index contributed by atoms with van der Waals surface area (Å²) in [4.78, 5) is 11.7. The largest absolute Gasteiger partial charge is 0.387 e. The van der Waals surface area contributed by atoms with E-state index in [1.807, 2.05) is 0 Å². The molecule has 0 unspecified atom stereocenters. The second-order valence-electron chi connectivity index (χ2n) is 4.06. The Hall–Kier alpha value is -2.06. The van der Waals surface area contributed by atoms with Gasteiger partial charge in [-0.15, -0.1) is 0 Å². The molecule has 0 aromatic carbocycles. The lowest BCUT2D eigenvalue weighted by Crippen LogP contribution is -2.28. The van der Waals surface area contributed by atoms with Crippen molar-refractivity contribution in [3.63, 3.8) is 0 Å². The summed E-state index contributed by atoms with van der Waals surface area (Å²) in [5.74, 6) is -0.456. The number of imidazole rings is 1. The molecule has 0 radical (unpaired) electrons. The third-order valence-electron chi connectivity index (χ3n) is 2.97. The molecule has 1 aliphatic rings. The van der Waals surface area contributed by atoms with Crippen molar-refractivity contribution in [2.75, 3.05) is 5.73 Å². The molecule has 2 aromatic rings. The summed E-state index contributed by atoms with van der Waals surface area (Å²) in [6, 6.07) is -1.04. The van der Waals surface area contributed by atoms with E-state index in [1.54, 1.807) is 0 Å². The lowest BCUT2D eigenvalue weighted by molar-refractivity contribution is 0.0338. The highest BCUT2D eigenvalue weighted by atomic mass is 19.1. The van der Waals surface area contributed by atoms with Gasteiger partial charge in [-0.2, -0.15) is 0 Å². The monoisotopic (exact) mass is 251 g/mol. The Balaban J connectivity index is 2.16. The van der Waals surface area contributed by atoms with Crippen LogP contribution in [0.4, 0.5) is 10.2 Å². The van der Waals surface area contributed by atoms with Crippen LogP contribution in [0.15, 0.2) is 24.6 Å². The van der Waals surface area contributed by atoms with E-state index in [0.29, 0.717) is 11.2 Å². The van der Waals surface area contributed by atoms with Crippen LogP contribution in [0.3, 0.4) is 0 Å². The first-order valence-corrected chi connectivity index (χ1v) is 5.26. The van der Waals surface area contributed by atoms with Gasteiger partial charge in [-0.05, 0) is 6.08 Å². The van der Waals surface area contributed by atoms with Gasteiger partial charge in [0.2, 0.25) is 0 Å². The molecule has 0 fully saturated rings. The Bertz CT molecular complexity index is 640. The van der Waals surface area contributed by atoms with Crippen LogP contribution >= 0.6 is 0 Å². The molecule has 18 heavy (non-hydrogen) atoms. The molecule has 7 nitrogen and oxygen atoms in total. The molecule has 3 atom stereocenters. The van der Waals surface area contributed by atoms with E-state index in [4.69, 9.17) is 5.73 Å². The molecular formula is C10H10FN5O2. The van der Waals surface area contributed by atoms with Crippen LogP contribution in [0.25, 0.3) is 11.2 Å². The molecule has 0 bridgehead atoms. The molecule has 4 N–H and O–H groups in total. The normalized spacial score (nSPS) is 27.7. The number of hydrogen-bond acceptors (Lipinski definition) is 6. The number of hydrogen-bond donors (Lipinski definition) is 3. The molecule has 0 spiro atoms. The average Bonchev–Trinajstić information content (AvgIpc) is 2.84. The summed E-state index contributed by atoms with van der Waals surface area (Å²) in [7, 11) is 0. The molecule has 2 aromatic heterocycles. The number of fused-ring (bicyclic) bond motifs is 1. The quantitative estimate of drug-likeness (QED) is 0.632. The molecule has 0 amide bonds. The van der Waals surface area contributed by atoms with Crippen LogP contribution in [0.2, 0.25) is 0 Å². The number of aliphatic hydroxyl groups is 2. The molecule has 0 saturated heterocycles. The number of aliphatic hydroxyl groups excluding tert-OH is 2. The summed E-state index contributed by atoms with van der Waals surface area (Å²) in [5.41, 5.74) is 6.26. The zero-order valence-corrected chi connectivity index (χ0v) is 9.10. The highest BCUT2D eigenvalue weighted by molar-refractivity contribution is 5.81. The maximum Gasteiger partial charge on any atom is 0.166 e. The van der Waals surface area contributed by atoms with E-state index in [9.17, 15) is 14.6 Å². The van der Waals surface area contributed by atoms with Crippen molar-refractivity contribution in [2.45, 2.75) is 18.2 Å². The van der Waals surface area contributed by atoms with E-state index in [1.165, 1.54) is 17.2 Å². The number of nitrogens with zero attached hydrogens (tertiary/aromatic N) is 4. The van der Waals surface area contributed by atoms with Crippen LogP contribution in [-0.2, 0) is 0 Å². The van der Waals surface area contributed by atoms with Crippen molar-refractivity contribution >= 4 is 17.0 Å². The lowest BCUT2D eigenvalue weighted by Gasteiger charge is -2.18. The van der Waals surface area contributed by atoms with Gasteiger partial charge < -0.3 is 20.5 Å². The number of rotatable bonds is 1. The van der Waals surface area contributed by atoms with E-state index in [-0.39, 0.29) is 5.82 Å². The van der Waals surface area contributed by atoms with Gasteiger partial charge in [0.25, 0.3) is 0 Å². The predicted molar refractivity (Wildman–Crippen MR) is 60.0 cm³/mol. The number of aromatic nitrogens is 4. The Morgan fingerprint density at radius 3 is 2.72 bits per heavy atom. The maximum atomic E-state index is 13.7. The first kappa shape index (κ1) is 11.1. The fourth-order valence-corrected chi connectivity index (χ4v) is 2.08. The molecule has 3 rings (SSSR count). The van der Waals surface area contributed by atoms with Crippen molar-refractivity contribution < 1.29 is 14.6 Å². The van der Waals surface area contributed by atoms with Crippen LogP contribution in [0, 0.1) is 0 Å². The van der Waals surface area contributed by atoms with Gasteiger partial charge in [0, 0.05) is 0 Å². The van der Waals surface area contributed by atoms with Crippen molar-refractivity contribution in [3.05, 3.63) is 24.6 Å². The van der Waals surface area contributed by atoms with Crippen molar-refractivity contribution in [3.8, 4) is 0 Å². The smallest absolute Gasteiger partial charge is 0.166 e. The molecule has 8 heteroatoms. The highest BCUT2D eigenvalue weighted by Gasteiger charge is 2.37. The Morgan fingerprint density at radius 2 is 2.06 bits per heavy atom. The summed E-state index contributed by atoms with van der Waals surface area (Å²) < 4.78 is 15.0. The minimum atomic E-state index is -1.28. The molecule has 2 heterocycles. The minimum absolute atomic E-state index is 0.177. The number of halogens is 1. The molecule has 94 valence electrons. The van der Waals surface area contributed by atoms with E-state index >= 15 is 0 Å². The Kier molecular flexibility index (Phi) is 2.28. The third-order valence-corrected chi connectivity index (χ3v) is 2.97. The zero-order valence-electron chi connectivity index (χ0n) is 9.10. The summed E-state index contributed by atoms with van der Waals surface area (Å²) in [6.45, 7) is 0. The van der Waals surface area contributed by atoms with Crippen molar-refractivity contribution in [1.29, 1.82) is 0 Å². The van der Waals surface area contributed by atoms with Crippen LogP contribution < -0.4 is 5.73 Å². The summed E-state index contributed by atoms with van der Waals surface area (Å²) in [5, 5.41) is 19.2.